The van der Waals surface area contributed by atoms with Crippen molar-refractivity contribution in [2.75, 3.05) is 43.5 Å². The van der Waals surface area contributed by atoms with Gasteiger partial charge in [-0.25, -0.2) is 9.98 Å². The van der Waals surface area contributed by atoms with Crippen molar-refractivity contribution < 1.29 is 19.1 Å². The van der Waals surface area contributed by atoms with Gasteiger partial charge >= 0.3 is 0 Å². The van der Waals surface area contributed by atoms with Crippen LogP contribution in [0.15, 0.2) is 46.8 Å². The van der Waals surface area contributed by atoms with Gasteiger partial charge in [0.2, 0.25) is 11.8 Å². The first-order valence-corrected chi connectivity index (χ1v) is 11.1. The molecule has 2 aliphatic heterocycles. The zero-order valence-electron chi connectivity index (χ0n) is 17.6. The summed E-state index contributed by atoms with van der Waals surface area (Å²) in [5.41, 5.74) is 1.70. The Kier molecular flexibility index (Phi) is 6.60. The molecule has 1 N–H and O–H groups in total. The number of dihydropyridines is 1. The van der Waals surface area contributed by atoms with Gasteiger partial charge in [-0.2, -0.15) is 0 Å². The molecule has 32 heavy (non-hydrogen) atoms. The summed E-state index contributed by atoms with van der Waals surface area (Å²) >= 11 is 1.26. The Hall–Kier alpha value is -3.53. The first-order valence-electron chi connectivity index (χ1n) is 10.2. The Labute approximate surface area is 189 Å². The molecule has 4 rings (SSSR count). The summed E-state index contributed by atoms with van der Waals surface area (Å²) in [5, 5.41) is 4.89. The van der Waals surface area contributed by atoms with Crippen molar-refractivity contribution in [2.24, 2.45) is 10.9 Å². The van der Waals surface area contributed by atoms with Gasteiger partial charge in [0.1, 0.15) is 5.75 Å². The Morgan fingerprint density at radius 3 is 2.78 bits per heavy atom. The maximum Gasteiger partial charge on any atom is 0.269 e. The Morgan fingerprint density at radius 1 is 1.25 bits per heavy atom. The van der Waals surface area contributed by atoms with Crippen LogP contribution in [0.5, 0.6) is 5.75 Å². The van der Waals surface area contributed by atoms with Crippen LogP contribution >= 0.6 is 11.3 Å². The number of hydrogen-bond donors (Lipinski definition) is 1. The number of aliphatic imine (C=N–C) groups is 1. The molecule has 3 amide bonds. The Morgan fingerprint density at radius 2 is 2.06 bits per heavy atom. The molecule has 0 spiro atoms. The highest BCUT2D eigenvalue weighted by molar-refractivity contribution is 7.14. The van der Waals surface area contributed by atoms with E-state index in [9.17, 15) is 14.4 Å². The predicted molar refractivity (Wildman–Crippen MR) is 122 cm³/mol. The number of thiazole rings is 1. The van der Waals surface area contributed by atoms with E-state index in [2.05, 4.69) is 20.2 Å². The third-order valence-corrected chi connectivity index (χ3v) is 6.08. The topological polar surface area (TPSA) is 104 Å². The van der Waals surface area contributed by atoms with Crippen molar-refractivity contribution in [1.82, 2.24) is 9.88 Å². The summed E-state index contributed by atoms with van der Waals surface area (Å²) < 4.78 is 5.29. The van der Waals surface area contributed by atoms with E-state index in [4.69, 9.17) is 4.74 Å². The number of piperazine rings is 1. The van der Waals surface area contributed by atoms with Crippen LogP contribution in [0, 0.1) is 5.92 Å². The maximum atomic E-state index is 12.7. The summed E-state index contributed by atoms with van der Waals surface area (Å²) in [7, 11) is 1.65. The molecule has 1 atom stereocenters. The van der Waals surface area contributed by atoms with Crippen LogP contribution in [0.25, 0.3) is 0 Å². The number of nitrogens with one attached hydrogen (secondary N) is 1. The van der Waals surface area contributed by atoms with Crippen molar-refractivity contribution in [1.29, 1.82) is 0 Å². The lowest BCUT2D eigenvalue weighted by atomic mass is 10.1. The van der Waals surface area contributed by atoms with E-state index in [0.717, 1.165) is 24.5 Å². The summed E-state index contributed by atoms with van der Waals surface area (Å²) in [4.78, 5) is 48.1. The van der Waals surface area contributed by atoms with Crippen molar-refractivity contribution >= 4 is 46.1 Å². The fourth-order valence-electron chi connectivity index (χ4n) is 3.51. The minimum Gasteiger partial charge on any atom is -0.497 e. The molecule has 1 aromatic heterocycles. The second-order valence-corrected chi connectivity index (χ2v) is 8.24. The van der Waals surface area contributed by atoms with E-state index in [1.54, 1.807) is 12.5 Å². The number of anilines is 2. The van der Waals surface area contributed by atoms with Gasteiger partial charge in [-0.05, 0) is 12.1 Å². The number of hydrogen-bond acceptors (Lipinski definition) is 7. The summed E-state index contributed by atoms with van der Waals surface area (Å²) in [5.74, 6) is -0.485. The van der Waals surface area contributed by atoms with Gasteiger partial charge in [-0.1, -0.05) is 12.1 Å². The summed E-state index contributed by atoms with van der Waals surface area (Å²) in [6, 6.07) is 7.91. The van der Waals surface area contributed by atoms with Gasteiger partial charge in [0.15, 0.2) is 5.13 Å². The van der Waals surface area contributed by atoms with Crippen molar-refractivity contribution in [3.8, 4) is 5.75 Å². The molecule has 0 radical (unpaired) electrons. The van der Waals surface area contributed by atoms with E-state index in [-0.39, 0.29) is 24.1 Å². The molecular weight excluding hydrogens is 430 g/mol. The SMILES string of the molecule is COc1cccc(N2CCN(C(=O)Cc3csc(NC(=O)C4C=CC(=O)N=C4)n3)CC2)c1. The largest absolute Gasteiger partial charge is 0.497 e. The first kappa shape index (κ1) is 21.7. The van der Waals surface area contributed by atoms with E-state index in [0.29, 0.717) is 23.9 Å². The average Bonchev–Trinajstić information content (AvgIpc) is 3.26. The number of ether oxygens (including phenoxy) is 1. The molecule has 1 aromatic carbocycles. The van der Waals surface area contributed by atoms with E-state index >= 15 is 0 Å². The molecule has 3 heterocycles. The molecule has 1 saturated heterocycles. The van der Waals surface area contributed by atoms with Crippen LogP contribution in [0.4, 0.5) is 10.8 Å². The number of rotatable bonds is 6. The third-order valence-electron chi connectivity index (χ3n) is 5.28. The number of nitrogens with zero attached hydrogens (tertiary/aromatic N) is 4. The number of carbonyl (C=O) groups excluding carboxylic acids is 3. The number of methoxy groups -OCH3 is 1. The van der Waals surface area contributed by atoms with Gasteiger partial charge in [-0.15, -0.1) is 11.3 Å². The van der Waals surface area contributed by atoms with Crippen molar-refractivity contribution in [2.45, 2.75) is 6.42 Å². The summed E-state index contributed by atoms with van der Waals surface area (Å²) in [6.07, 6.45) is 4.25. The Bertz CT molecular complexity index is 1060. The highest BCUT2D eigenvalue weighted by Gasteiger charge is 2.23. The predicted octanol–water partition coefficient (Wildman–Crippen LogP) is 1.76. The van der Waals surface area contributed by atoms with Gasteiger partial charge in [0.05, 0.1) is 25.1 Å². The molecule has 166 valence electrons. The number of benzene rings is 1. The minimum atomic E-state index is -0.609. The molecule has 10 heteroatoms. The molecular formula is C22H23N5O4S. The van der Waals surface area contributed by atoms with Gasteiger partial charge < -0.3 is 19.9 Å². The molecule has 2 aromatic rings. The van der Waals surface area contributed by atoms with Crippen molar-refractivity contribution in [3.63, 3.8) is 0 Å². The second-order valence-electron chi connectivity index (χ2n) is 7.38. The van der Waals surface area contributed by atoms with Crippen LogP contribution in [0.2, 0.25) is 0 Å². The van der Waals surface area contributed by atoms with Crippen molar-refractivity contribution in [3.05, 3.63) is 47.5 Å². The zero-order chi connectivity index (χ0) is 22.5. The van der Waals surface area contributed by atoms with E-state index < -0.39 is 5.92 Å². The van der Waals surface area contributed by atoms with Crippen LogP contribution < -0.4 is 15.0 Å². The van der Waals surface area contributed by atoms with E-state index in [1.807, 2.05) is 29.2 Å². The molecule has 1 fully saturated rings. The van der Waals surface area contributed by atoms with Crippen LogP contribution in [0.3, 0.4) is 0 Å². The van der Waals surface area contributed by atoms with Crippen LogP contribution in [0.1, 0.15) is 5.69 Å². The fraction of sp³-hybridized carbons (Fsp3) is 0.318. The maximum absolute atomic E-state index is 12.7. The quantitative estimate of drug-likeness (QED) is 0.715. The fourth-order valence-corrected chi connectivity index (χ4v) is 4.22. The number of carbonyl (C=O) groups is 3. The van der Waals surface area contributed by atoms with E-state index in [1.165, 1.54) is 29.7 Å². The lowest BCUT2D eigenvalue weighted by Gasteiger charge is -2.36. The molecule has 0 bridgehead atoms. The monoisotopic (exact) mass is 453 g/mol. The molecule has 0 aliphatic carbocycles. The van der Waals surface area contributed by atoms with Crippen LogP contribution in [-0.2, 0) is 20.8 Å². The second kappa shape index (κ2) is 9.73. The highest BCUT2D eigenvalue weighted by atomic mass is 32.1. The molecule has 2 aliphatic rings. The highest BCUT2D eigenvalue weighted by Crippen LogP contribution is 2.23. The minimum absolute atomic E-state index is 0.0133. The van der Waals surface area contributed by atoms with Gasteiger partial charge in [0.25, 0.3) is 5.91 Å². The standard InChI is InChI=1S/C22H23N5O4S/c1-31-18-4-2-3-17(12-18)26-7-9-27(10-8-26)20(29)11-16-14-32-22(24-16)25-21(30)15-5-6-19(28)23-13-15/h2-6,12-15H,7-11H2,1H3,(H,24,25,30). The normalized spacial score (nSPS) is 18.0. The molecule has 9 nitrogen and oxygen atoms in total. The first-order chi connectivity index (χ1) is 15.5. The zero-order valence-corrected chi connectivity index (χ0v) is 18.4. The lowest BCUT2D eigenvalue weighted by Crippen LogP contribution is -2.49. The smallest absolute Gasteiger partial charge is 0.269 e. The Balaban J connectivity index is 1.27. The number of aromatic nitrogens is 1. The third kappa shape index (κ3) is 5.20. The van der Waals surface area contributed by atoms with Gasteiger partial charge in [0, 0.05) is 55.6 Å². The lowest BCUT2D eigenvalue weighted by molar-refractivity contribution is -0.130. The number of amides is 3. The van der Waals surface area contributed by atoms with Crippen LogP contribution in [-0.4, -0.2) is 67.1 Å². The molecule has 0 saturated carbocycles. The molecule has 1 unspecified atom stereocenters. The summed E-state index contributed by atoms with van der Waals surface area (Å²) in [6.45, 7) is 2.76. The average molecular weight is 454 g/mol. The van der Waals surface area contributed by atoms with Gasteiger partial charge in [-0.3, -0.25) is 14.4 Å².